The van der Waals surface area contributed by atoms with E-state index in [2.05, 4.69) is 10.1 Å². The molecule has 0 unspecified atom stereocenters. The Labute approximate surface area is 128 Å². The molecule has 0 radical (unpaired) electrons. The summed E-state index contributed by atoms with van der Waals surface area (Å²) in [6.07, 6.45) is 3.36. The van der Waals surface area contributed by atoms with Gasteiger partial charge in [0.15, 0.2) is 11.5 Å². The number of hydrogen-bond donors (Lipinski definition) is 1. The van der Waals surface area contributed by atoms with E-state index in [0.717, 1.165) is 11.3 Å². The van der Waals surface area contributed by atoms with Gasteiger partial charge in [0, 0.05) is 0 Å². The van der Waals surface area contributed by atoms with Crippen molar-refractivity contribution < 1.29 is 9.47 Å². The highest BCUT2D eigenvalue weighted by molar-refractivity contribution is 6.32. The van der Waals surface area contributed by atoms with E-state index in [1.165, 1.54) is 4.68 Å². The molecular formula is C14H17ClN4O2. The number of nitrogens with zero attached hydrogens (tertiary/aromatic N) is 3. The van der Waals surface area contributed by atoms with Gasteiger partial charge in [-0.1, -0.05) is 11.6 Å². The zero-order chi connectivity index (χ0) is 15.4. The van der Waals surface area contributed by atoms with Crippen LogP contribution in [0.15, 0.2) is 23.4 Å². The first-order valence-corrected chi connectivity index (χ1v) is 6.79. The van der Waals surface area contributed by atoms with Crippen LogP contribution in [0.3, 0.4) is 0 Å². The Balaban J connectivity index is 2.32. The quantitative estimate of drug-likeness (QED) is 0.862. The monoisotopic (exact) mass is 308 g/mol. The van der Waals surface area contributed by atoms with E-state index in [-0.39, 0.29) is 0 Å². The molecule has 0 spiro atoms. The number of halogens is 1. The number of nitrogen functional groups attached to an aromatic ring is 1. The van der Waals surface area contributed by atoms with Crippen LogP contribution in [0, 0.1) is 6.92 Å². The number of methoxy groups -OCH3 is 1. The number of rotatable bonds is 5. The zero-order valence-corrected chi connectivity index (χ0v) is 12.9. The summed E-state index contributed by atoms with van der Waals surface area (Å²) in [4.78, 5) is 4.07. The summed E-state index contributed by atoms with van der Waals surface area (Å²) < 4.78 is 12.2. The van der Waals surface area contributed by atoms with Crippen LogP contribution in [0.1, 0.15) is 18.2 Å². The van der Waals surface area contributed by atoms with Gasteiger partial charge in [-0.3, -0.25) is 0 Å². The standard InChI is InChI=1S/C14H17ClN4O2/c1-4-21-13-11(15)5-10(6-12(13)20-3)7-17-19-8-9(2)18-14(19)16/h5-8H,4H2,1-3H3,(H2,16,18). The number of imidazole rings is 1. The SMILES string of the molecule is CCOc1c(Cl)cc(C=Nn2cc(C)nc2N)cc1OC. The van der Waals surface area contributed by atoms with E-state index >= 15 is 0 Å². The smallest absolute Gasteiger partial charge is 0.221 e. The summed E-state index contributed by atoms with van der Waals surface area (Å²) in [7, 11) is 1.56. The van der Waals surface area contributed by atoms with Crippen molar-refractivity contribution in [3.63, 3.8) is 0 Å². The molecular weight excluding hydrogens is 292 g/mol. The fraction of sp³-hybridized carbons (Fsp3) is 0.286. The molecule has 2 N–H and O–H groups in total. The van der Waals surface area contributed by atoms with Crippen molar-refractivity contribution in [2.24, 2.45) is 5.10 Å². The molecule has 0 fully saturated rings. The number of anilines is 1. The fourth-order valence-corrected chi connectivity index (χ4v) is 2.10. The van der Waals surface area contributed by atoms with E-state index in [9.17, 15) is 0 Å². The molecule has 1 heterocycles. The molecule has 2 aromatic rings. The van der Waals surface area contributed by atoms with E-state index in [4.69, 9.17) is 26.8 Å². The van der Waals surface area contributed by atoms with Gasteiger partial charge in [0.25, 0.3) is 0 Å². The third kappa shape index (κ3) is 3.46. The molecule has 0 bridgehead atoms. The first kappa shape index (κ1) is 15.2. The van der Waals surface area contributed by atoms with Crippen LogP contribution < -0.4 is 15.2 Å². The van der Waals surface area contributed by atoms with Crippen LogP contribution in [0.25, 0.3) is 0 Å². The average molecular weight is 309 g/mol. The minimum absolute atomic E-state index is 0.327. The van der Waals surface area contributed by atoms with E-state index in [0.29, 0.717) is 29.1 Å². The fourth-order valence-electron chi connectivity index (χ4n) is 1.82. The Kier molecular flexibility index (Phi) is 4.70. The summed E-state index contributed by atoms with van der Waals surface area (Å²) in [6, 6.07) is 3.54. The lowest BCUT2D eigenvalue weighted by Crippen LogP contribution is -1.99. The van der Waals surface area contributed by atoms with Crippen molar-refractivity contribution in [3.05, 3.63) is 34.6 Å². The predicted molar refractivity (Wildman–Crippen MR) is 83.5 cm³/mol. The highest BCUT2D eigenvalue weighted by atomic mass is 35.5. The van der Waals surface area contributed by atoms with Crippen molar-refractivity contribution in [1.82, 2.24) is 9.66 Å². The number of ether oxygens (including phenoxy) is 2. The molecule has 0 aliphatic carbocycles. The first-order chi connectivity index (χ1) is 10.0. The maximum Gasteiger partial charge on any atom is 0.221 e. The minimum atomic E-state index is 0.327. The highest BCUT2D eigenvalue weighted by Crippen LogP contribution is 2.35. The molecule has 2 rings (SSSR count). The van der Waals surface area contributed by atoms with Crippen LogP contribution in [0.5, 0.6) is 11.5 Å². The molecule has 1 aromatic carbocycles. The predicted octanol–water partition coefficient (Wildman–Crippen LogP) is 2.72. The first-order valence-electron chi connectivity index (χ1n) is 6.41. The molecule has 0 saturated heterocycles. The number of nitrogens with two attached hydrogens (primary N) is 1. The summed E-state index contributed by atoms with van der Waals surface area (Å²) in [5.74, 6) is 1.41. The van der Waals surface area contributed by atoms with Gasteiger partial charge in [0.2, 0.25) is 5.95 Å². The minimum Gasteiger partial charge on any atom is -0.493 e. The summed E-state index contributed by atoms with van der Waals surface area (Å²) >= 11 is 6.20. The average Bonchev–Trinajstić information content (AvgIpc) is 2.77. The van der Waals surface area contributed by atoms with Crippen LogP contribution in [0.4, 0.5) is 5.95 Å². The van der Waals surface area contributed by atoms with Crippen LogP contribution in [-0.4, -0.2) is 29.6 Å². The lowest BCUT2D eigenvalue weighted by molar-refractivity contribution is 0.311. The largest absolute Gasteiger partial charge is 0.493 e. The summed E-state index contributed by atoms with van der Waals surface area (Å²) in [5, 5.41) is 4.70. The normalized spacial score (nSPS) is 11.0. The maximum absolute atomic E-state index is 6.20. The number of aromatic nitrogens is 2. The third-order valence-electron chi connectivity index (χ3n) is 2.71. The van der Waals surface area contributed by atoms with E-state index < -0.39 is 0 Å². The van der Waals surface area contributed by atoms with Crippen LogP contribution in [-0.2, 0) is 0 Å². The number of aryl methyl sites for hydroxylation is 1. The molecule has 21 heavy (non-hydrogen) atoms. The van der Waals surface area contributed by atoms with Crippen molar-refractivity contribution in [1.29, 1.82) is 0 Å². The van der Waals surface area contributed by atoms with Gasteiger partial charge in [-0.15, -0.1) is 0 Å². The van der Waals surface area contributed by atoms with Gasteiger partial charge in [-0.25, -0.2) is 9.66 Å². The second-order valence-electron chi connectivity index (χ2n) is 4.30. The topological polar surface area (TPSA) is 74.7 Å². The molecule has 0 saturated carbocycles. The van der Waals surface area contributed by atoms with Crippen molar-refractivity contribution in [2.75, 3.05) is 19.5 Å². The van der Waals surface area contributed by atoms with Gasteiger partial charge in [0.1, 0.15) is 0 Å². The van der Waals surface area contributed by atoms with Gasteiger partial charge in [-0.2, -0.15) is 5.10 Å². The Morgan fingerprint density at radius 2 is 2.24 bits per heavy atom. The van der Waals surface area contributed by atoms with Gasteiger partial charge < -0.3 is 15.2 Å². The summed E-state index contributed by atoms with van der Waals surface area (Å²) in [6.45, 7) is 4.24. The zero-order valence-electron chi connectivity index (χ0n) is 12.1. The maximum atomic E-state index is 6.20. The molecule has 112 valence electrons. The number of hydrogen-bond acceptors (Lipinski definition) is 5. The van der Waals surface area contributed by atoms with Crippen LogP contribution >= 0.6 is 11.6 Å². The molecule has 0 aliphatic heterocycles. The van der Waals surface area contributed by atoms with Crippen molar-refractivity contribution in [3.8, 4) is 11.5 Å². The Bertz CT molecular complexity index is 667. The Hall–Kier alpha value is -2.21. The molecule has 0 amide bonds. The second-order valence-corrected chi connectivity index (χ2v) is 4.70. The van der Waals surface area contributed by atoms with Crippen molar-refractivity contribution in [2.45, 2.75) is 13.8 Å². The molecule has 7 heteroatoms. The molecule has 1 aromatic heterocycles. The van der Waals surface area contributed by atoms with Gasteiger partial charge in [0.05, 0.1) is 36.8 Å². The lowest BCUT2D eigenvalue weighted by Gasteiger charge is -2.11. The van der Waals surface area contributed by atoms with Crippen molar-refractivity contribution >= 4 is 23.8 Å². The number of benzene rings is 1. The van der Waals surface area contributed by atoms with E-state index in [1.807, 2.05) is 13.8 Å². The second kappa shape index (κ2) is 6.49. The van der Waals surface area contributed by atoms with Gasteiger partial charge >= 0.3 is 0 Å². The molecule has 0 atom stereocenters. The summed E-state index contributed by atoms with van der Waals surface area (Å²) in [5.41, 5.74) is 7.29. The highest BCUT2D eigenvalue weighted by Gasteiger charge is 2.11. The molecule has 6 nitrogen and oxygen atoms in total. The lowest BCUT2D eigenvalue weighted by atomic mass is 10.2. The van der Waals surface area contributed by atoms with E-state index in [1.54, 1.807) is 31.7 Å². The molecule has 0 aliphatic rings. The van der Waals surface area contributed by atoms with Gasteiger partial charge in [-0.05, 0) is 31.5 Å². The Morgan fingerprint density at radius 1 is 1.48 bits per heavy atom. The Morgan fingerprint density at radius 3 is 2.81 bits per heavy atom. The van der Waals surface area contributed by atoms with Crippen LogP contribution in [0.2, 0.25) is 5.02 Å². The third-order valence-corrected chi connectivity index (χ3v) is 2.99.